The summed E-state index contributed by atoms with van der Waals surface area (Å²) in [7, 11) is 3.29. The van der Waals surface area contributed by atoms with E-state index >= 15 is 0 Å². The lowest BCUT2D eigenvalue weighted by molar-refractivity contribution is 0.356. The summed E-state index contributed by atoms with van der Waals surface area (Å²) in [6.07, 6.45) is 1.90. The van der Waals surface area contributed by atoms with Crippen LogP contribution in [0.25, 0.3) is 10.6 Å². The number of rotatable bonds is 6. The summed E-state index contributed by atoms with van der Waals surface area (Å²) in [4.78, 5) is 5.68. The Kier molecular flexibility index (Phi) is 4.76. The quantitative estimate of drug-likeness (QED) is 0.882. The Morgan fingerprint density at radius 3 is 2.79 bits per heavy atom. The maximum atomic E-state index is 5.44. The van der Waals surface area contributed by atoms with Crippen molar-refractivity contribution in [1.82, 2.24) is 10.3 Å². The highest BCUT2D eigenvalue weighted by Gasteiger charge is 2.14. The third-order valence-electron chi connectivity index (χ3n) is 2.74. The lowest BCUT2D eigenvalue weighted by Crippen LogP contribution is -2.10. The summed E-state index contributed by atoms with van der Waals surface area (Å²) < 4.78 is 10.7. The van der Waals surface area contributed by atoms with Gasteiger partial charge in [0, 0.05) is 17.6 Å². The Morgan fingerprint density at radius 2 is 2.11 bits per heavy atom. The van der Waals surface area contributed by atoms with Crippen molar-refractivity contribution in [2.75, 3.05) is 20.8 Å². The second kappa shape index (κ2) is 6.54. The van der Waals surface area contributed by atoms with Crippen LogP contribution < -0.4 is 14.8 Å². The van der Waals surface area contributed by atoms with Gasteiger partial charge in [0.1, 0.15) is 5.01 Å². The topological polar surface area (TPSA) is 43.4 Å². The summed E-state index contributed by atoms with van der Waals surface area (Å²) in [5.41, 5.74) is 0.967. The molecule has 1 heterocycles. The van der Waals surface area contributed by atoms with Gasteiger partial charge in [-0.1, -0.05) is 13.0 Å². The highest BCUT2D eigenvalue weighted by atomic mass is 32.1. The van der Waals surface area contributed by atoms with Gasteiger partial charge < -0.3 is 14.8 Å². The SMILES string of the molecule is CCNCc1cnc(-c2cccc(OC)c2OC)s1. The minimum Gasteiger partial charge on any atom is -0.493 e. The molecular weight excluding hydrogens is 260 g/mol. The molecule has 0 saturated heterocycles. The summed E-state index contributed by atoms with van der Waals surface area (Å²) in [5.74, 6) is 1.46. The van der Waals surface area contributed by atoms with Crippen LogP contribution in [0.1, 0.15) is 11.8 Å². The molecule has 4 nitrogen and oxygen atoms in total. The maximum absolute atomic E-state index is 5.44. The number of thiazole rings is 1. The summed E-state index contributed by atoms with van der Waals surface area (Å²) >= 11 is 1.67. The summed E-state index contributed by atoms with van der Waals surface area (Å²) in [6.45, 7) is 3.89. The number of hydrogen-bond acceptors (Lipinski definition) is 5. The number of ether oxygens (including phenoxy) is 2. The van der Waals surface area contributed by atoms with E-state index in [1.807, 2.05) is 24.4 Å². The first kappa shape index (κ1) is 13.8. The van der Waals surface area contributed by atoms with Crippen LogP contribution in [0, 0.1) is 0 Å². The second-order valence-electron chi connectivity index (χ2n) is 3.95. The van der Waals surface area contributed by atoms with Crippen LogP contribution in [0.15, 0.2) is 24.4 Å². The monoisotopic (exact) mass is 278 g/mol. The average molecular weight is 278 g/mol. The predicted molar refractivity (Wildman–Crippen MR) is 78.0 cm³/mol. The van der Waals surface area contributed by atoms with Crippen molar-refractivity contribution >= 4 is 11.3 Å². The van der Waals surface area contributed by atoms with E-state index in [1.165, 1.54) is 4.88 Å². The molecule has 0 atom stereocenters. The summed E-state index contributed by atoms with van der Waals surface area (Å²) in [6, 6.07) is 5.83. The van der Waals surface area contributed by atoms with Gasteiger partial charge >= 0.3 is 0 Å². The fourth-order valence-corrected chi connectivity index (χ4v) is 2.72. The molecule has 5 heteroatoms. The normalized spacial score (nSPS) is 10.5. The molecule has 102 valence electrons. The molecule has 19 heavy (non-hydrogen) atoms. The van der Waals surface area contributed by atoms with Gasteiger partial charge in [0.05, 0.1) is 19.8 Å². The minimum atomic E-state index is 0.725. The second-order valence-corrected chi connectivity index (χ2v) is 5.07. The summed E-state index contributed by atoms with van der Waals surface area (Å²) in [5, 5.41) is 4.24. The van der Waals surface area contributed by atoms with Gasteiger partial charge in [-0.15, -0.1) is 11.3 Å². The third-order valence-corrected chi connectivity index (χ3v) is 3.77. The van der Waals surface area contributed by atoms with Crippen molar-refractivity contribution < 1.29 is 9.47 Å². The number of nitrogens with one attached hydrogen (secondary N) is 1. The number of benzene rings is 1. The molecule has 1 N–H and O–H groups in total. The van der Waals surface area contributed by atoms with Gasteiger partial charge in [-0.2, -0.15) is 0 Å². The fraction of sp³-hybridized carbons (Fsp3) is 0.357. The molecule has 2 rings (SSSR count). The smallest absolute Gasteiger partial charge is 0.170 e. The van der Waals surface area contributed by atoms with E-state index in [4.69, 9.17) is 9.47 Å². The van der Waals surface area contributed by atoms with Crippen molar-refractivity contribution in [2.45, 2.75) is 13.5 Å². The molecule has 0 radical (unpaired) electrons. The molecular formula is C14H18N2O2S. The zero-order valence-electron chi connectivity index (χ0n) is 11.4. The maximum Gasteiger partial charge on any atom is 0.170 e. The lowest BCUT2D eigenvalue weighted by Gasteiger charge is -2.10. The highest BCUT2D eigenvalue weighted by molar-refractivity contribution is 7.15. The van der Waals surface area contributed by atoms with E-state index in [1.54, 1.807) is 25.6 Å². The molecule has 0 saturated carbocycles. The molecule has 0 amide bonds. The minimum absolute atomic E-state index is 0.725. The van der Waals surface area contributed by atoms with Crippen LogP contribution in [-0.4, -0.2) is 25.7 Å². The molecule has 2 aromatic rings. The molecule has 0 bridgehead atoms. The first-order valence-corrected chi connectivity index (χ1v) is 6.98. The number of para-hydroxylation sites is 1. The van der Waals surface area contributed by atoms with Crippen LogP contribution >= 0.6 is 11.3 Å². The van der Waals surface area contributed by atoms with Gasteiger partial charge in [-0.3, -0.25) is 0 Å². The van der Waals surface area contributed by atoms with Crippen molar-refractivity contribution in [3.63, 3.8) is 0 Å². The Bertz CT molecular complexity index is 540. The highest BCUT2D eigenvalue weighted by Crippen LogP contribution is 2.39. The number of nitrogens with zero attached hydrogens (tertiary/aromatic N) is 1. The first-order chi connectivity index (χ1) is 9.30. The first-order valence-electron chi connectivity index (χ1n) is 6.17. The van der Waals surface area contributed by atoms with Gasteiger partial charge in [-0.05, 0) is 18.7 Å². The van der Waals surface area contributed by atoms with Crippen LogP contribution in [0.3, 0.4) is 0 Å². The molecule has 1 aromatic heterocycles. The average Bonchev–Trinajstić information content (AvgIpc) is 2.92. The lowest BCUT2D eigenvalue weighted by atomic mass is 10.2. The van der Waals surface area contributed by atoms with E-state index in [-0.39, 0.29) is 0 Å². The number of methoxy groups -OCH3 is 2. The molecule has 0 spiro atoms. The Morgan fingerprint density at radius 1 is 1.26 bits per heavy atom. The predicted octanol–water partition coefficient (Wildman–Crippen LogP) is 2.94. The zero-order valence-corrected chi connectivity index (χ0v) is 12.2. The van der Waals surface area contributed by atoms with E-state index in [2.05, 4.69) is 17.2 Å². The molecule has 1 aromatic carbocycles. The van der Waals surface area contributed by atoms with E-state index in [9.17, 15) is 0 Å². The van der Waals surface area contributed by atoms with Gasteiger partial charge in [-0.25, -0.2) is 4.98 Å². The van der Waals surface area contributed by atoms with E-state index < -0.39 is 0 Å². The molecule has 0 aliphatic heterocycles. The third kappa shape index (κ3) is 3.05. The molecule has 0 unspecified atom stereocenters. The fourth-order valence-electron chi connectivity index (χ4n) is 1.82. The van der Waals surface area contributed by atoms with Crippen molar-refractivity contribution in [3.8, 4) is 22.1 Å². The Balaban J connectivity index is 2.33. The van der Waals surface area contributed by atoms with Crippen molar-refractivity contribution in [1.29, 1.82) is 0 Å². The number of aromatic nitrogens is 1. The van der Waals surface area contributed by atoms with Gasteiger partial charge in [0.15, 0.2) is 11.5 Å². The molecule has 0 aliphatic carbocycles. The van der Waals surface area contributed by atoms with E-state index in [0.717, 1.165) is 35.2 Å². The zero-order chi connectivity index (χ0) is 13.7. The van der Waals surface area contributed by atoms with Crippen molar-refractivity contribution in [2.24, 2.45) is 0 Å². The van der Waals surface area contributed by atoms with Crippen LogP contribution in [0.2, 0.25) is 0 Å². The number of hydrogen-bond donors (Lipinski definition) is 1. The molecule has 0 aliphatic rings. The largest absolute Gasteiger partial charge is 0.493 e. The van der Waals surface area contributed by atoms with Gasteiger partial charge in [0.2, 0.25) is 0 Å². The van der Waals surface area contributed by atoms with Gasteiger partial charge in [0.25, 0.3) is 0 Å². The standard InChI is InChI=1S/C14H18N2O2S/c1-4-15-8-10-9-16-14(19-10)11-6-5-7-12(17-2)13(11)18-3/h5-7,9,15H,4,8H2,1-3H3. The Hall–Kier alpha value is -1.59. The van der Waals surface area contributed by atoms with E-state index in [0.29, 0.717) is 0 Å². The van der Waals surface area contributed by atoms with Crippen molar-refractivity contribution in [3.05, 3.63) is 29.3 Å². The van der Waals surface area contributed by atoms with Crippen LogP contribution in [-0.2, 0) is 6.54 Å². The molecule has 0 fully saturated rings. The Labute approximate surface area is 117 Å². The van der Waals surface area contributed by atoms with Crippen LogP contribution in [0.5, 0.6) is 11.5 Å². The van der Waals surface area contributed by atoms with Crippen LogP contribution in [0.4, 0.5) is 0 Å².